The van der Waals surface area contributed by atoms with Gasteiger partial charge in [-0.2, -0.15) is 5.26 Å². The Hall–Kier alpha value is -2.62. The van der Waals surface area contributed by atoms with Gasteiger partial charge in [0.05, 0.1) is 16.6 Å². The Labute approximate surface area is 116 Å². The summed E-state index contributed by atoms with van der Waals surface area (Å²) in [7, 11) is 0. The van der Waals surface area contributed by atoms with Crippen LogP contribution in [0.1, 0.15) is 31.7 Å². The van der Waals surface area contributed by atoms with E-state index < -0.39 is 10.9 Å². The van der Waals surface area contributed by atoms with Gasteiger partial charge in [-0.3, -0.25) is 14.9 Å². The number of rotatable bonds is 7. The van der Waals surface area contributed by atoms with Crippen molar-refractivity contribution >= 4 is 17.3 Å². The summed E-state index contributed by atoms with van der Waals surface area (Å²) in [5.74, 6) is -0.860. The predicted octanol–water partition coefficient (Wildman–Crippen LogP) is 2.52. The van der Waals surface area contributed by atoms with E-state index in [1.807, 2.05) is 13.0 Å². The SMILES string of the molecule is CC(CCCC(=O)O)Nc1ccc(C#N)cc1[N+](=O)[O-]. The molecule has 106 valence electrons. The molecule has 0 saturated heterocycles. The van der Waals surface area contributed by atoms with E-state index >= 15 is 0 Å². The third-order valence-corrected chi connectivity index (χ3v) is 2.75. The molecule has 0 aliphatic carbocycles. The second kappa shape index (κ2) is 7.09. The minimum Gasteiger partial charge on any atom is -0.481 e. The number of carboxylic acid groups (broad SMARTS) is 1. The Morgan fingerprint density at radius 2 is 2.30 bits per heavy atom. The van der Waals surface area contributed by atoms with Gasteiger partial charge >= 0.3 is 5.97 Å². The van der Waals surface area contributed by atoms with Crippen molar-refractivity contribution in [3.05, 3.63) is 33.9 Å². The minimum atomic E-state index is -0.860. The number of benzene rings is 1. The number of aliphatic carboxylic acids is 1. The summed E-state index contributed by atoms with van der Waals surface area (Å²) < 4.78 is 0. The molecule has 0 bridgehead atoms. The first-order valence-corrected chi connectivity index (χ1v) is 6.11. The van der Waals surface area contributed by atoms with Gasteiger partial charge in [-0.1, -0.05) is 0 Å². The van der Waals surface area contributed by atoms with Gasteiger partial charge < -0.3 is 10.4 Å². The van der Waals surface area contributed by atoms with Crippen molar-refractivity contribution in [2.24, 2.45) is 0 Å². The lowest BCUT2D eigenvalue weighted by molar-refractivity contribution is -0.384. The molecular weight excluding hydrogens is 262 g/mol. The smallest absolute Gasteiger partial charge is 0.303 e. The fourth-order valence-corrected chi connectivity index (χ4v) is 1.77. The fraction of sp³-hybridized carbons (Fsp3) is 0.385. The third-order valence-electron chi connectivity index (χ3n) is 2.75. The van der Waals surface area contributed by atoms with Crippen molar-refractivity contribution in [2.75, 3.05) is 5.32 Å². The van der Waals surface area contributed by atoms with Crippen LogP contribution in [-0.2, 0) is 4.79 Å². The second-order valence-electron chi connectivity index (χ2n) is 4.43. The largest absolute Gasteiger partial charge is 0.481 e. The monoisotopic (exact) mass is 277 g/mol. The summed E-state index contributed by atoms with van der Waals surface area (Å²) in [6.45, 7) is 1.82. The first-order valence-electron chi connectivity index (χ1n) is 6.11. The van der Waals surface area contributed by atoms with Gasteiger partial charge in [0.15, 0.2) is 0 Å². The number of anilines is 1. The molecule has 0 fully saturated rings. The van der Waals surface area contributed by atoms with Gasteiger partial charge in [0, 0.05) is 18.5 Å². The average Bonchev–Trinajstić information content (AvgIpc) is 2.38. The van der Waals surface area contributed by atoms with Gasteiger partial charge in [0.1, 0.15) is 5.69 Å². The van der Waals surface area contributed by atoms with Crippen LogP contribution in [0.15, 0.2) is 18.2 Å². The molecule has 0 aliphatic heterocycles. The zero-order chi connectivity index (χ0) is 15.1. The molecule has 0 radical (unpaired) electrons. The van der Waals surface area contributed by atoms with Crippen molar-refractivity contribution in [3.63, 3.8) is 0 Å². The molecule has 1 rings (SSSR count). The van der Waals surface area contributed by atoms with Gasteiger partial charge in [-0.05, 0) is 31.9 Å². The molecule has 0 spiro atoms. The number of nitriles is 1. The van der Waals surface area contributed by atoms with Gasteiger partial charge in [0.25, 0.3) is 5.69 Å². The lowest BCUT2D eigenvalue weighted by Gasteiger charge is -2.14. The summed E-state index contributed by atoms with van der Waals surface area (Å²) >= 11 is 0. The molecule has 7 nitrogen and oxygen atoms in total. The minimum absolute atomic E-state index is 0.0709. The molecule has 0 heterocycles. The van der Waals surface area contributed by atoms with Gasteiger partial charge in [0.2, 0.25) is 0 Å². The van der Waals surface area contributed by atoms with Crippen molar-refractivity contribution in [3.8, 4) is 6.07 Å². The lowest BCUT2D eigenvalue weighted by Crippen LogP contribution is -2.16. The zero-order valence-corrected chi connectivity index (χ0v) is 11.0. The Morgan fingerprint density at radius 3 is 2.85 bits per heavy atom. The summed E-state index contributed by atoms with van der Waals surface area (Å²) in [5, 5.41) is 31.2. The number of nitrogens with one attached hydrogen (secondary N) is 1. The van der Waals surface area contributed by atoms with Crippen LogP contribution in [-0.4, -0.2) is 22.0 Å². The van der Waals surface area contributed by atoms with Crippen LogP contribution in [0.2, 0.25) is 0 Å². The fourth-order valence-electron chi connectivity index (χ4n) is 1.77. The van der Waals surface area contributed by atoms with E-state index in [-0.39, 0.29) is 23.7 Å². The summed E-state index contributed by atoms with van der Waals surface area (Å²) in [6, 6.07) is 5.96. The quantitative estimate of drug-likeness (QED) is 0.584. The van der Waals surface area contributed by atoms with E-state index in [9.17, 15) is 14.9 Å². The van der Waals surface area contributed by atoms with E-state index in [2.05, 4.69) is 5.32 Å². The number of carboxylic acids is 1. The number of nitrogens with zero attached hydrogens (tertiary/aromatic N) is 2. The van der Waals surface area contributed by atoms with E-state index in [0.29, 0.717) is 18.5 Å². The number of hydrogen-bond donors (Lipinski definition) is 2. The maximum Gasteiger partial charge on any atom is 0.303 e. The molecule has 0 amide bonds. The Kier molecular flexibility index (Phi) is 5.47. The van der Waals surface area contributed by atoms with Crippen LogP contribution in [0.3, 0.4) is 0 Å². The van der Waals surface area contributed by atoms with Gasteiger partial charge in [-0.15, -0.1) is 0 Å². The van der Waals surface area contributed by atoms with Crippen LogP contribution in [0.5, 0.6) is 0 Å². The van der Waals surface area contributed by atoms with E-state index in [1.54, 1.807) is 0 Å². The molecule has 7 heteroatoms. The second-order valence-corrected chi connectivity index (χ2v) is 4.43. The normalized spacial score (nSPS) is 11.4. The first kappa shape index (κ1) is 15.4. The Morgan fingerprint density at radius 1 is 1.60 bits per heavy atom. The molecule has 0 saturated carbocycles. The number of hydrogen-bond acceptors (Lipinski definition) is 5. The molecule has 1 atom stereocenters. The zero-order valence-electron chi connectivity index (χ0n) is 11.0. The molecular formula is C13H15N3O4. The molecule has 2 N–H and O–H groups in total. The molecule has 0 aromatic heterocycles. The molecule has 20 heavy (non-hydrogen) atoms. The topological polar surface area (TPSA) is 116 Å². The van der Waals surface area contributed by atoms with Crippen molar-refractivity contribution in [2.45, 2.75) is 32.2 Å². The van der Waals surface area contributed by atoms with E-state index in [1.165, 1.54) is 18.2 Å². The Balaban J connectivity index is 2.74. The van der Waals surface area contributed by atoms with Crippen LogP contribution in [0, 0.1) is 21.4 Å². The Bertz CT molecular complexity index is 551. The predicted molar refractivity (Wildman–Crippen MR) is 72.4 cm³/mol. The highest BCUT2D eigenvalue weighted by Crippen LogP contribution is 2.26. The van der Waals surface area contributed by atoms with Crippen LogP contribution in [0.25, 0.3) is 0 Å². The number of carbonyl (C=O) groups is 1. The van der Waals surface area contributed by atoms with Gasteiger partial charge in [-0.25, -0.2) is 0 Å². The van der Waals surface area contributed by atoms with Crippen LogP contribution in [0.4, 0.5) is 11.4 Å². The molecule has 1 aromatic rings. The van der Waals surface area contributed by atoms with Crippen molar-refractivity contribution in [1.29, 1.82) is 5.26 Å². The highest BCUT2D eigenvalue weighted by atomic mass is 16.6. The third kappa shape index (κ3) is 4.57. The highest BCUT2D eigenvalue weighted by Gasteiger charge is 2.16. The molecule has 1 unspecified atom stereocenters. The maximum atomic E-state index is 11.0. The maximum absolute atomic E-state index is 11.0. The summed E-state index contributed by atoms with van der Waals surface area (Å²) in [6.07, 6.45) is 1.15. The van der Waals surface area contributed by atoms with E-state index in [0.717, 1.165) is 0 Å². The highest BCUT2D eigenvalue weighted by molar-refractivity contribution is 5.66. The van der Waals surface area contributed by atoms with E-state index in [4.69, 9.17) is 10.4 Å². The van der Waals surface area contributed by atoms with Crippen LogP contribution >= 0.6 is 0 Å². The van der Waals surface area contributed by atoms with Crippen molar-refractivity contribution in [1.82, 2.24) is 0 Å². The first-order chi connectivity index (χ1) is 9.43. The molecule has 1 aromatic carbocycles. The standard InChI is InChI=1S/C13H15N3O4/c1-9(3-2-4-13(17)18)15-11-6-5-10(8-14)7-12(11)16(19)20/h5-7,9,15H,2-4H2,1H3,(H,17,18). The van der Waals surface area contributed by atoms with Crippen molar-refractivity contribution < 1.29 is 14.8 Å². The summed E-state index contributed by atoms with van der Waals surface area (Å²) in [4.78, 5) is 20.8. The summed E-state index contributed by atoms with van der Waals surface area (Å²) in [5.41, 5.74) is 0.395. The average molecular weight is 277 g/mol. The lowest BCUT2D eigenvalue weighted by atomic mass is 10.1. The molecule has 0 aliphatic rings. The number of nitro benzene ring substituents is 1. The van der Waals surface area contributed by atoms with Crippen LogP contribution < -0.4 is 5.32 Å². The number of nitro groups is 1.